The molecule has 8 nitrogen and oxygen atoms in total. The minimum absolute atomic E-state index is 0.140. The Hall–Kier alpha value is -3.68. The molecule has 0 aliphatic heterocycles. The highest BCUT2D eigenvalue weighted by Gasteiger charge is 2.10. The molecule has 0 saturated carbocycles. The van der Waals surface area contributed by atoms with Gasteiger partial charge in [0.05, 0.1) is 10.8 Å². The zero-order chi connectivity index (χ0) is 19.4. The van der Waals surface area contributed by atoms with E-state index in [9.17, 15) is 19.2 Å². The molecular formula is C19H18N4O4. The standard InChI is InChI=1S/C19H18N4O4/c1-2-16(24)20-12-6-5-7-13(10-12)21-17(25)11-23-19(27)15-9-4-3-8-14(15)18(26)22-23/h3-10H,2,11H2,1H3,(H,20,24)(H,21,25)(H,22,26). The number of benzene rings is 2. The number of aromatic amines is 1. The topological polar surface area (TPSA) is 113 Å². The molecule has 0 saturated heterocycles. The van der Waals surface area contributed by atoms with Crippen molar-refractivity contribution in [3.63, 3.8) is 0 Å². The van der Waals surface area contributed by atoms with Crippen molar-refractivity contribution in [2.24, 2.45) is 0 Å². The van der Waals surface area contributed by atoms with Gasteiger partial charge in [-0.05, 0) is 30.3 Å². The molecule has 1 aromatic heterocycles. The lowest BCUT2D eigenvalue weighted by atomic mass is 10.2. The van der Waals surface area contributed by atoms with Crippen molar-refractivity contribution in [1.82, 2.24) is 9.78 Å². The summed E-state index contributed by atoms with van der Waals surface area (Å²) in [5, 5.41) is 8.28. The Morgan fingerprint density at radius 3 is 2.22 bits per heavy atom. The average Bonchev–Trinajstić information content (AvgIpc) is 2.66. The summed E-state index contributed by atoms with van der Waals surface area (Å²) in [6, 6.07) is 13.1. The van der Waals surface area contributed by atoms with Crippen molar-refractivity contribution in [2.45, 2.75) is 19.9 Å². The van der Waals surface area contributed by atoms with Gasteiger partial charge in [0.25, 0.3) is 11.1 Å². The highest BCUT2D eigenvalue weighted by Crippen LogP contribution is 2.15. The number of hydrogen-bond acceptors (Lipinski definition) is 4. The predicted molar refractivity (Wildman–Crippen MR) is 103 cm³/mol. The molecule has 0 spiro atoms. The van der Waals surface area contributed by atoms with Gasteiger partial charge in [-0.3, -0.25) is 24.3 Å². The molecule has 0 aliphatic carbocycles. The van der Waals surface area contributed by atoms with Crippen LogP contribution in [0.5, 0.6) is 0 Å². The van der Waals surface area contributed by atoms with Gasteiger partial charge in [-0.2, -0.15) is 0 Å². The molecule has 8 heteroatoms. The maximum absolute atomic E-state index is 12.4. The molecule has 3 N–H and O–H groups in total. The molecule has 138 valence electrons. The van der Waals surface area contributed by atoms with E-state index >= 15 is 0 Å². The number of hydrogen-bond donors (Lipinski definition) is 3. The zero-order valence-corrected chi connectivity index (χ0v) is 14.6. The lowest BCUT2D eigenvalue weighted by molar-refractivity contribution is -0.117. The van der Waals surface area contributed by atoms with Crippen molar-refractivity contribution in [3.8, 4) is 0 Å². The highest BCUT2D eigenvalue weighted by atomic mass is 16.2. The van der Waals surface area contributed by atoms with E-state index in [1.807, 2.05) is 0 Å². The monoisotopic (exact) mass is 366 g/mol. The van der Waals surface area contributed by atoms with Gasteiger partial charge < -0.3 is 10.6 Å². The van der Waals surface area contributed by atoms with Gasteiger partial charge >= 0.3 is 0 Å². The molecule has 1 heterocycles. The normalized spacial score (nSPS) is 10.6. The fourth-order valence-electron chi connectivity index (χ4n) is 2.63. The van der Waals surface area contributed by atoms with E-state index in [1.54, 1.807) is 55.5 Å². The number of nitrogens with one attached hydrogen (secondary N) is 3. The minimum atomic E-state index is -0.484. The van der Waals surface area contributed by atoms with Crippen LogP contribution < -0.4 is 21.8 Å². The number of carbonyl (C=O) groups excluding carboxylic acids is 2. The molecule has 0 bridgehead atoms. The molecule has 0 radical (unpaired) electrons. The first-order valence-electron chi connectivity index (χ1n) is 8.39. The molecule has 0 atom stereocenters. The van der Waals surface area contributed by atoms with E-state index in [4.69, 9.17) is 0 Å². The Labute approximate surface area is 153 Å². The highest BCUT2D eigenvalue weighted by molar-refractivity contribution is 5.94. The summed E-state index contributed by atoms with van der Waals surface area (Å²) in [7, 11) is 0. The van der Waals surface area contributed by atoms with E-state index in [1.165, 1.54) is 0 Å². The van der Waals surface area contributed by atoms with E-state index in [2.05, 4.69) is 15.7 Å². The molecule has 3 rings (SSSR count). The second kappa shape index (κ2) is 7.69. The van der Waals surface area contributed by atoms with Crippen LogP contribution in [0.4, 0.5) is 11.4 Å². The number of anilines is 2. The summed E-state index contributed by atoms with van der Waals surface area (Å²) in [5.41, 5.74) is 0.118. The smallest absolute Gasteiger partial charge is 0.273 e. The lowest BCUT2D eigenvalue weighted by Crippen LogP contribution is -2.34. The van der Waals surface area contributed by atoms with Crippen molar-refractivity contribution < 1.29 is 9.59 Å². The number of nitrogens with zero attached hydrogens (tertiary/aromatic N) is 1. The van der Waals surface area contributed by atoms with Crippen LogP contribution in [0.15, 0.2) is 58.1 Å². The van der Waals surface area contributed by atoms with Crippen LogP contribution in [0.2, 0.25) is 0 Å². The quantitative estimate of drug-likeness (QED) is 0.637. The fraction of sp³-hybridized carbons (Fsp3) is 0.158. The van der Waals surface area contributed by atoms with Gasteiger partial charge in [-0.15, -0.1) is 0 Å². The van der Waals surface area contributed by atoms with Crippen LogP contribution in [0.1, 0.15) is 13.3 Å². The summed E-state index contributed by atoms with van der Waals surface area (Å²) < 4.78 is 0.975. The van der Waals surface area contributed by atoms with Gasteiger partial charge in [0.1, 0.15) is 6.54 Å². The molecule has 0 unspecified atom stereocenters. The average molecular weight is 366 g/mol. The Kier molecular flexibility index (Phi) is 5.16. The van der Waals surface area contributed by atoms with Crippen LogP contribution in [-0.2, 0) is 16.1 Å². The summed E-state index contributed by atoms with van der Waals surface area (Å²) in [6.45, 7) is 1.40. The van der Waals surface area contributed by atoms with Crippen molar-refractivity contribution in [2.75, 3.05) is 10.6 Å². The van der Waals surface area contributed by atoms with Crippen LogP contribution >= 0.6 is 0 Å². The van der Waals surface area contributed by atoms with Crippen molar-refractivity contribution >= 4 is 34.0 Å². The van der Waals surface area contributed by atoms with Gasteiger partial charge in [0, 0.05) is 17.8 Å². The largest absolute Gasteiger partial charge is 0.326 e. The Balaban J connectivity index is 1.79. The molecule has 0 aliphatic rings. The van der Waals surface area contributed by atoms with E-state index in [0.717, 1.165) is 4.68 Å². The number of fused-ring (bicyclic) bond motifs is 1. The third-order valence-corrected chi connectivity index (χ3v) is 3.94. The van der Waals surface area contributed by atoms with Gasteiger partial charge in [0.2, 0.25) is 11.8 Å². The van der Waals surface area contributed by atoms with Crippen LogP contribution in [0.25, 0.3) is 10.8 Å². The number of carbonyl (C=O) groups is 2. The molecule has 0 fully saturated rings. The number of aromatic nitrogens is 2. The first-order valence-corrected chi connectivity index (χ1v) is 8.39. The molecular weight excluding hydrogens is 348 g/mol. The van der Waals surface area contributed by atoms with Crippen molar-refractivity contribution in [1.29, 1.82) is 0 Å². The fourth-order valence-corrected chi connectivity index (χ4v) is 2.63. The Morgan fingerprint density at radius 2 is 1.56 bits per heavy atom. The minimum Gasteiger partial charge on any atom is -0.326 e. The van der Waals surface area contributed by atoms with E-state index in [-0.39, 0.29) is 23.2 Å². The Morgan fingerprint density at radius 1 is 0.926 bits per heavy atom. The molecule has 2 aromatic carbocycles. The third-order valence-electron chi connectivity index (χ3n) is 3.94. The number of amides is 2. The summed E-state index contributed by atoms with van der Waals surface area (Å²) >= 11 is 0. The van der Waals surface area contributed by atoms with Crippen LogP contribution in [0.3, 0.4) is 0 Å². The SMILES string of the molecule is CCC(=O)Nc1cccc(NC(=O)Cn2[nH]c(=O)c3ccccc3c2=O)c1. The molecule has 2 amide bonds. The first-order chi connectivity index (χ1) is 13.0. The molecule has 27 heavy (non-hydrogen) atoms. The Bertz CT molecular complexity index is 1130. The summed E-state index contributed by atoms with van der Waals surface area (Å²) in [4.78, 5) is 48.3. The van der Waals surface area contributed by atoms with E-state index < -0.39 is 17.0 Å². The summed E-state index contributed by atoms with van der Waals surface area (Å²) in [5.74, 6) is -0.624. The second-order valence-corrected chi connectivity index (χ2v) is 5.91. The first kappa shape index (κ1) is 18.1. The summed E-state index contributed by atoms with van der Waals surface area (Å²) in [6.07, 6.45) is 0.342. The van der Waals surface area contributed by atoms with Crippen LogP contribution in [-0.4, -0.2) is 21.6 Å². The zero-order valence-electron chi connectivity index (χ0n) is 14.6. The van der Waals surface area contributed by atoms with Gasteiger partial charge in [-0.25, -0.2) is 4.68 Å². The second-order valence-electron chi connectivity index (χ2n) is 5.91. The van der Waals surface area contributed by atoms with E-state index in [0.29, 0.717) is 17.8 Å². The third kappa shape index (κ3) is 4.12. The lowest BCUT2D eigenvalue weighted by Gasteiger charge is -2.10. The van der Waals surface area contributed by atoms with Crippen LogP contribution in [0, 0.1) is 0 Å². The van der Waals surface area contributed by atoms with Gasteiger partial charge in [-0.1, -0.05) is 25.1 Å². The number of rotatable bonds is 5. The molecule has 3 aromatic rings. The van der Waals surface area contributed by atoms with Gasteiger partial charge in [0.15, 0.2) is 0 Å². The number of H-pyrrole nitrogens is 1. The van der Waals surface area contributed by atoms with Crippen molar-refractivity contribution in [3.05, 3.63) is 69.2 Å². The maximum atomic E-state index is 12.4. The maximum Gasteiger partial charge on any atom is 0.273 e. The predicted octanol–water partition coefficient (Wildman–Crippen LogP) is 1.68.